The van der Waals surface area contributed by atoms with Crippen molar-refractivity contribution < 1.29 is 13.2 Å². The fourth-order valence-electron chi connectivity index (χ4n) is 2.61. The van der Waals surface area contributed by atoms with Crippen LogP contribution in [0.2, 0.25) is 0 Å². The van der Waals surface area contributed by atoms with E-state index in [1.165, 1.54) is 6.07 Å². The van der Waals surface area contributed by atoms with Crippen molar-refractivity contribution in [3.8, 4) is 11.3 Å². The standard InChI is InChI=1S/C15H16F3N3/c16-15(17,18)12-4-1-3-11(9-12)14-6-8-21(20-14)10-13-5-2-7-19-13/h1,3-4,6,8-9,13,19H,2,5,7,10H2/t13-/m0/s1. The molecule has 0 aliphatic carbocycles. The summed E-state index contributed by atoms with van der Waals surface area (Å²) in [4.78, 5) is 0. The molecule has 0 bridgehead atoms. The first-order valence-corrected chi connectivity index (χ1v) is 6.97. The normalized spacial score (nSPS) is 19.1. The van der Waals surface area contributed by atoms with Crippen LogP contribution in [0.4, 0.5) is 13.2 Å². The van der Waals surface area contributed by atoms with Crippen molar-refractivity contribution >= 4 is 0 Å². The van der Waals surface area contributed by atoms with Gasteiger partial charge in [-0.05, 0) is 37.6 Å². The molecule has 1 aromatic heterocycles. The average Bonchev–Trinajstić information content (AvgIpc) is 3.10. The molecule has 0 unspecified atom stereocenters. The Morgan fingerprint density at radius 2 is 2.14 bits per heavy atom. The van der Waals surface area contributed by atoms with Gasteiger partial charge < -0.3 is 5.32 Å². The Kier molecular flexibility index (Phi) is 3.71. The molecule has 1 aromatic carbocycles. The van der Waals surface area contributed by atoms with E-state index < -0.39 is 11.7 Å². The van der Waals surface area contributed by atoms with Gasteiger partial charge >= 0.3 is 6.18 Å². The number of benzene rings is 1. The highest BCUT2D eigenvalue weighted by atomic mass is 19.4. The van der Waals surface area contributed by atoms with Gasteiger partial charge in [0.2, 0.25) is 0 Å². The van der Waals surface area contributed by atoms with E-state index in [9.17, 15) is 13.2 Å². The second-order valence-corrected chi connectivity index (χ2v) is 5.29. The van der Waals surface area contributed by atoms with Crippen LogP contribution in [0.15, 0.2) is 36.5 Å². The van der Waals surface area contributed by atoms with Gasteiger partial charge in [-0.25, -0.2) is 0 Å². The minimum absolute atomic E-state index is 0.402. The van der Waals surface area contributed by atoms with Crippen molar-refractivity contribution in [2.24, 2.45) is 0 Å². The average molecular weight is 295 g/mol. The van der Waals surface area contributed by atoms with E-state index in [-0.39, 0.29) is 0 Å². The third-order valence-electron chi connectivity index (χ3n) is 3.70. The Morgan fingerprint density at radius 3 is 2.86 bits per heavy atom. The lowest BCUT2D eigenvalue weighted by Crippen LogP contribution is -2.26. The lowest BCUT2D eigenvalue weighted by Gasteiger charge is -2.10. The molecule has 2 aromatic rings. The van der Waals surface area contributed by atoms with Crippen molar-refractivity contribution in [1.82, 2.24) is 15.1 Å². The number of hydrogen-bond acceptors (Lipinski definition) is 2. The van der Waals surface area contributed by atoms with Crippen LogP contribution in [0.5, 0.6) is 0 Å². The SMILES string of the molecule is FC(F)(F)c1cccc(-c2ccn(C[C@@H]3CCCN3)n2)c1. The molecule has 1 N–H and O–H groups in total. The first-order chi connectivity index (χ1) is 10.0. The summed E-state index contributed by atoms with van der Waals surface area (Å²) in [6, 6.07) is 7.43. The Morgan fingerprint density at radius 1 is 1.29 bits per heavy atom. The lowest BCUT2D eigenvalue weighted by atomic mass is 10.1. The summed E-state index contributed by atoms with van der Waals surface area (Å²) in [5.41, 5.74) is 0.411. The Balaban J connectivity index is 1.79. The quantitative estimate of drug-likeness (QED) is 0.941. The van der Waals surface area contributed by atoms with E-state index in [0.717, 1.165) is 38.1 Å². The number of aromatic nitrogens is 2. The molecule has 0 saturated carbocycles. The van der Waals surface area contributed by atoms with Crippen LogP contribution in [-0.4, -0.2) is 22.4 Å². The fourth-order valence-corrected chi connectivity index (χ4v) is 2.61. The first kappa shape index (κ1) is 14.1. The second kappa shape index (κ2) is 5.52. The maximum Gasteiger partial charge on any atom is 0.416 e. The topological polar surface area (TPSA) is 29.9 Å². The van der Waals surface area contributed by atoms with E-state index >= 15 is 0 Å². The Labute approximate surface area is 120 Å². The molecule has 1 fully saturated rings. The van der Waals surface area contributed by atoms with Gasteiger partial charge in [-0.15, -0.1) is 0 Å². The zero-order chi connectivity index (χ0) is 14.9. The molecule has 0 radical (unpaired) electrons. The molecule has 1 saturated heterocycles. The minimum Gasteiger partial charge on any atom is -0.312 e. The second-order valence-electron chi connectivity index (χ2n) is 5.29. The van der Waals surface area contributed by atoms with Crippen LogP contribution in [0, 0.1) is 0 Å². The first-order valence-electron chi connectivity index (χ1n) is 6.97. The number of alkyl halides is 3. The van der Waals surface area contributed by atoms with Gasteiger partial charge in [0.15, 0.2) is 0 Å². The van der Waals surface area contributed by atoms with Gasteiger partial charge in [0, 0.05) is 17.8 Å². The summed E-state index contributed by atoms with van der Waals surface area (Å²) >= 11 is 0. The largest absolute Gasteiger partial charge is 0.416 e. The lowest BCUT2D eigenvalue weighted by molar-refractivity contribution is -0.137. The highest BCUT2D eigenvalue weighted by molar-refractivity contribution is 5.59. The highest BCUT2D eigenvalue weighted by Gasteiger charge is 2.30. The molecule has 112 valence electrons. The van der Waals surface area contributed by atoms with Crippen molar-refractivity contribution in [2.75, 3.05) is 6.54 Å². The van der Waals surface area contributed by atoms with Crippen molar-refractivity contribution in [2.45, 2.75) is 31.6 Å². The van der Waals surface area contributed by atoms with Crippen LogP contribution < -0.4 is 5.32 Å². The molecule has 1 aliphatic rings. The summed E-state index contributed by atoms with van der Waals surface area (Å²) < 4.78 is 40.0. The van der Waals surface area contributed by atoms with Crippen LogP contribution in [0.25, 0.3) is 11.3 Å². The summed E-state index contributed by atoms with van der Waals surface area (Å²) in [7, 11) is 0. The molecular weight excluding hydrogens is 279 g/mol. The van der Waals surface area contributed by atoms with E-state index in [1.54, 1.807) is 16.8 Å². The summed E-state index contributed by atoms with van der Waals surface area (Å²) in [5, 5.41) is 7.75. The van der Waals surface area contributed by atoms with Crippen LogP contribution in [0.1, 0.15) is 18.4 Å². The van der Waals surface area contributed by atoms with Crippen molar-refractivity contribution in [1.29, 1.82) is 0 Å². The number of hydrogen-bond donors (Lipinski definition) is 1. The predicted molar refractivity (Wildman–Crippen MR) is 73.7 cm³/mol. The molecule has 2 heterocycles. The number of nitrogens with one attached hydrogen (secondary N) is 1. The highest BCUT2D eigenvalue weighted by Crippen LogP contribution is 2.31. The summed E-state index contributed by atoms with van der Waals surface area (Å²) in [5.74, 6) is 0. The molecular formula is C15H16F3N3. The van der Waals surface area contributed by atoms with E-state index in [4.69, 9.17) is 0 Å². The molecule has 3 rings (SSSR count). The van der Waals surface area contributed by atoms with Gasteiger partial charge in [-0.3, -0.25) is 4.68 Å². The fraction of sp³-hybridized carbons (Fsp3) is 0.400. The van der Waals surface area contributed by atoms with Gasteiger partial charge in [0.05, 0.1) is 17.8 Å². The molecule has 0 spiro atoms. The van der Waals surface area contributed by atoms with E-state index in [2.05, 4.69) is 10.4 Å². The van der Waals surface area contributed by atoms with Crippen LogP contribution >= 0.6 is 0 Å². The molecule has 6 heteroatoms. The van der Waals surface area contributed by atoms with E-state index in [1.807, 2.05) is 6.20 Å². The number of halogens is 3. The van der Waals surface area contributed by atoms with Gasteiger partial charge in [-0.1, -0.05) is 12.1 Å². The maximum absolute atomic E-state index is 12.7. The molecule has 1 atom stereocenters. The molecule has 21 heavy (non-hydrogen) atoms. The van der Waals surface area contributed by atoms with Crippen molar-refractivity contribution in [3.63, 3.8) is 0 Å². The van der Waals surface area contributed by atoms with Crippen molar-refractivity contribution in [3.05, 3.63) is 42.1 Å². The molecule has 1 aliphatic heterocycles. The van der Waals surface area contributed by atoms with Gasteiger partial charge in [0.1, 0.15) is 0 Å². The zero-order valence-corrected chi connectivity index (χ0v) is 11.4. The molecule has 3 nitrogen and oxygen atoms in total. The monoisotopic (exact) mass is 295 g/mol. The van der Waals surface area contributed by atoms with Crippen LogP contribution in [0.3, 0.4) is 0 Å². The molecule has 0 amide bonds. The zero-order valence-electron chi connectivity index (χ0n) is 11.4. The number of rotatable bonds is 3. The minimum atomic E-state index is -4.33. The smallest absolute Gasteiger partial charge is 0.312 e. The third kappa shape index (κ3) is 3.26. The van der Waals surface area contributed by atoms with Gasteiger partial charge in [-0.2, -0.15) is 18.3 Å². The van der Waals surface area contributed by atoms with E-state index in [0.29, 0.717) is 17.3 Å². The Bertz CT molecular complexity index is 613. The summed E-state index contributed by atoms with van der Waals surface area (Å²) in [6.07, 6.45) is -0.243. The van der Waals surface area contributed by atoms with Crippen LogP contribution in [-0.2, 0) is 12.7 Å². The number of nitrogens with zero attached hydrogens (tertiary/aromatic N) is 2. The maximum atomic E-state index is 12.7. The summed E-state index contributed by atoms with van der Waals surface area (Å²) in [6.45, 7) is 1.77. The predicted octanol–water partition coefficient (Wildman–Crippen LogP) is 3.32. The Hall–Kier alpha value is -1.82. The third-order valence-corrected chi connectivity index (χ3v) is 3.70. The van der Waals surface area contributed by atoms with Gasteiger partial charge in [0.25, 0.3) is 0 Å².